The van der Waals surface area contributed by atoms with Crippen molar-refractivity contribution in [2.24, 2.45) is 0 Å². The van der Waals surface area contributed by atoms with Gasteiger partial charge in [-0.2, -0.15) is 0 Å². The molecule has 3 aromatic heterocycles. The Hall–Kier alpha value is -2.96. The Balaban J connectivity index is 1.93. The largest absolute Gasteiger partial charge is 0.397 e. The predicted octanol–water partition coefficient (Wildman–Crippen LogP) is 0.973. The van der Waals surface area contributed by atoms with Crippen LogP contribution in [0.3, 0.4) is 0 Å². The minimum absolute atomic E-state index is 0.347. The maximum absolute atomic E-state index is 5.56. The van der Waals surface area contributed by atoms with E-state index in [4.69, 9.17) is 5.73 Å². The Morgan fingerprint density at radius 1 is 0.737 bits per heavy atom. The third-order valence-corrected chi connectivity index (χ3v) is 2.39. The topological polar surface area (TPSA) is 103 Å². The van der Waals surface area contributed by atoms with E-state index in [1.807, 2.05) is 12.1 Å². The van der Waals surface area contributed by atoms with Crippen LogP contribution in [0.25, 0.3) is 23.0 Å². The summed E-state index contributed by atoms with van der Waals surface area (Å²) in [5.41, 5.74) is 7.34. The van der Waals surface area contributed by atoms with Gasteiger partial charge in [0.2, 0.25) is 11.6 Å². The first-order valence-electron chi connectivity index (χ1n) is 5.53. The summed E-state index contributed by atoms with van der Waals surface area (Å²) < 4.78 is 0. The Morgan fingerprint density at radius 2 is 1.42 bits per heavy atom. The molecule has 0 radical (unpaired) electrons. The lowest BCUT2D eigenvalue weighted by molar-refractivity contribution is 0.865. The number of hydrogen-bond donors (Lipinski definition) is 1. The Bertz CT molecular complexity index is 665. The van der Waals surface area contributed by atoms with Crippen molar-refractivity contribution in [1.29, 1.82) is 0 Å². The van der Waals surface area contributed by atoms with Gasteiger partial charge in [0.25, 0.3) is 0 Å². The van der Waals surface area contributed by atoms with Gasteiger partial charge in [0.1, 0.15) is 11.4 Å². The molecular weight excluding hydrogens is 242 g/mol. The zero-order valence-electron chi connectivity index (χ0n) is 9.80. The van der Waals surface area contributed by atoms with Gasteiger partial charge < -0.3 is 5.73 Å². The summed E-state index contributed by atoms with van der Waals surface area (Å²) in [5.74, 6) is 0.722. The van der Waals surface area contributed by atoms with E-state index in [-0.39, 0.29) is 0 Å². The van der Waals surface area contributed by atoms with Crippen molar-refractivity contribution >= 4 is 5.69 Å². The van der Waals surface area contributed by atoms with E-state index in [0.717, 1.165) is 0 Å². The molecule has 3 rings (SSSR count). The molecule has 0 saturated heterocycles. The fourth-order valence-electron chi connectivity index (χ4n) is 1.47. The number of pyridine rings is 2. The van der Waals surface area contributed by atoms with E-state index in [9.17, 15) is 0 Å². The summed E-state index contributed by atoms with van der Waals surface area (Å²) >= 11 is 0. The first kappa shape index (κ1) is 11.1. The molecule has 2 N–H and O–H groups in total. The summed E-state index contributed by atoms with van der Waals surface area (Å²) in [7, 11) is 0. The van der Waals surface area contributed by atoms with Crippen LogP contribution in [0.15, 0.2) is 42.7 Å². The van der Waals surface area contributed by atoms with Gasteiger partial charge in [-0.05, 0) is 24.3 Å². The van der Waals surface area contributed by atoms with Crippen LogP contribution < -0.4 is 5.73 Å². The molecule has 7 heteroatoms. The van der Waals surface area contributed by atoms with Crippen molar-refractivity contribution in [1.82, 2.24) is 30.4 Å². The molecule has 0 fully saturated rings. The summed E-state index contributed by atoms with van der Waals surface area (Å²) in [6, 6.07) is 8.89. The van der Waals surface area contributed by atoms with Crippen molar-refractivity contribution in [3.05, 3.63) is 42.7 Å². The molecule has 3 aromatic rings. The maximum Gasteiger partial charge on any atom is 0.221 e. The van der Waals surface area contributed by atoms with Gasteiger partial charge in [0, 0.05) is 6.20 Å². The molecule has 92 valence electrons. The number of anilines is 1. The number of aromatic nitrogens is 6. The van der Waals surface area contributed by atoms with Gasteiger partial charge in [0.05, 0.1) is 11.9 Å². The minimum Gasteiger partial charge on any atom is -0.397 e. The second-order valence-corrected chi connectivity index (χ2v) is 3.74. The van der Waals surface area contributed by atoms with Crippen molar-refractivity contribution < 1.29 is 0 Å². The lowest BCUT2D eigenvalue weighted by atomic mass is 10.3. The van der Waals surface area contributed by atoms with Crippen LogP contribution in [0, 0.1) is 0 Å². The average molecular weight is 251 g/mol. The second-order valence-electron chi connectivity index (χ2n) is 3.74. The molecule has 0 bridgehead atoms. The molecule has 0 atom stereocenters. The lowest BCUT2D eigenvalue weighted by Crippen LogP contribution is -2.01. The molecule has 0 amide bonds. The van der Waals surface area contributed by atoms with E-state index in [2.05, 4.69) is 30.4 Å². The molecule has 0 spiro atoms. The number of nitrogens with zero attached hydrogens (tertiary/aromatic N) is 6. The molecule has 7 nitrogen and oxygen atoms in total. The standard InChI is InChI=1S/C12H9N7/c13-8-4-5-10(15-7-8)12-18-16-11(17-19-12)9-3-1-2-6-14-9/h1-7H,13H2. The fraction of sp³-hybridized carbons (Fsp3) is 0. The van der Waals surface area contributed by atoms with Crippen LogP contribution in [-0.4, -0.2) is 30.4 Å². The predicted molar refractivity (Wildman–Crippen MR) is 68.5 cm³/mol. The van der Waals surface area contributed by atoms with Gasteiger partial charge in [-0.1, -0.05) is 6.07 Å². The molecule has 0 aliphatic carbocycles. The first-order chi connectivity index (χ1) is 9.33. The van der Waals surface area contributed by atoms with Crippen molar-refractivity contribution in [3.8, 4) is 23.0 Å². The highest BCUT2D eigenvalue weighted by Gasteiger charge is 2.07. The molecule has 0 aliphatic rings. The van der Waals surface area contributed by atoms with Gasteiger partial charge in [-0.25, -0.2) is 0 Å². The monoisotopic (exact) mass is 251 g/mol. The highest BCUT2D eigenvalue weighted by Crippen LogP contribution is 2.13. The molecule has 0 saturated carbocycles. The molecule has 0 unspecified atom stereocenters. The lowest BCUT2D eigenvalue weighted by Gasteiger charge is -1.99. The van der Waals surface area contributed by atoms with Crippen LogP contribution in [0.5, 0.6) is 0 Å². The SMILES string of the molecule is Nc1ccc(-c2nnc(-c3ccccn3)nn2)nc1. The van der Waals surface area contributed by atoms with Gasteiger partial charge in [0.15, 0.2) is 0 Å². The third-order valence-electron chi connectivity index (χ3n) is 2.39. The van der Waals surface area contributed by atoms with E-state index in [1.54, 1.807) is 24.4 Å². The van der Waals surface area contributed by atoms with Crippen LogP contribution in [0.1, 0.15) is 0 Å². The third kappa shape index (κ3) is 2.34. The zero-order valence-corrected chi connectivity index (χ0v) is 9.80. The first-order valence-corrected chi connectivity index (χ1v) is 5.53. The Kier molecular flexibility index (Phi) is 2.77. The summed E-state index contributed by atoms with van der Waals surface area (Å²) in [5, 5.41) is 16.0. The Labute approximate surface area is 108 Å². The van der Waals surface area contributed by atoms with E-state index in [0.29, 0.717) is 28.7 Å². The number of rotatable bonds is 2. The molecular formula is C12H9N7. The van der Waals surface area contributed by atoms with Crippen molar-refractivity contribution in [2.45, 2.75) is 0 Å². The van der Waals surface area contributed by atoms with Crippen LogP contribution in [0.2, 0.25) is 0 Å². The van der Waals surface area contributed by atoms with Crippen LogP contribution >= 0.6 is 0 Å². The highest BCUT2D eigenvalue weighted by molar-refractivity contribution is 5.52. The smallest absolute Gasteiger partial charge is 0.221 e. The quantitative estimate of drug-likeness (QED) is 0.723. The van der Waals surface area contributed by atoms with E-state index >= 15 is 0 Å². The van der Waals surface area contributed by atoms with Gasteiger partial charge in [-0.15, -0.1) is 20.4 Å². The zero-order chi connectivity index (χ0) is 13.1. The Morgan fingerprint density at radius 3 is 1.95 bits per heavy atom. The maximum atomic E-state index is 5.56. The van der Waals surface area contributed by atoms with E-state index in [1.165, 1.54) is 6.20 Å². The summed E-state index contributed by atoms with van der Waals surface area (Å²) in [6.07, 6.45) is 3.19. The van der Waals surface area contributed by atoms with Crippen molar-refractivity contribution in [2.75, 3.05) is 5.73 Å². The van der Waals surface area contributed by atoms with E-state index < -0.39 is 0 Å². The number of hydrogen-bond acceptors (Lipinski definition) is 7. The minimum atomic E-state index is 0.347. The normalized spacial score (nSPS) is 10.3. The molecule has 0 aromatic carbocycles. The fourth-order valence-corrected chi connectivity index (χ4v) is 1.47. The van der Waals surface area contributed by atoms with Gasteiger partial charge in [-0.3, -0.25) is 9.97 Å². The van der Waals surface area contributed by atoms with Crippen LogP contribution in [0.4, 0.5) is 5.69 Å². The molecule has 19 heavy (non-hydrogen) atoms. The number of nitrogen functional groups attached to an aromatic ring is 1. The van der Waals surface area contributed by atoms with Gasteiger partial charge >= 0.3 is 0 Å². The second kappa shape index (κ2) is 4.73. The number of nitrogens with two attached hydrogens (primary N) is 1. The average Bonchev–Trinajstić information content (AvgIpc) is 2.49. The van der Waals surface area contributed by atoms with Crippen LogP contribution in [-0.2, 0) is 0 Å². The molecule has 3 heterocycles. The highest BCUT2D eigenvalue weighted by atomic mass is 15.3. The summed E-state index contributed by atoms with van der Waals surface area (Å²) in [4.78, 5) is 8.23. The van der Waals surface area contributed by atoms with Crippen molar-refractivity contribution in [3.63, 3.8) is 0 Å². The summed E-state index contributed by atoms with van der Waals surface area (Å²) in [6.45, 7) is 0. The molecule has 0 aliphatic heterocycles.